The van der Waals surface area contributed by atoms with E-state index >= 15 is 0 Å². The summed E-state index contributed by atoms with van der Waals surface area (Å²) in [7, 11) is 0. The van der Waals surface area contributed by atoms with Crippen molar-refractivity contribution in [3.8, 4) is 11.8 Å². The molecule has 0 aliphatic carbocycles. The maximum Gasteiger partial charge on any atom is 0.0245 e. The highest BCUT2D eigenvalue weighted by molar-refractivity contribution is 6.17. The highest BCUT2D eigenvalue weighted by atomic mass is 35.5. The Balaban J connectivity index is 2.56. The van der Waals surface area contributed by atoms with Crippen LogP contribution < -0.4 is 0 Å². The molecule has 1 aromatic carbocycles. The van der Waals surface area contributed by atoms with Gasteiger partial charge in [-0.2, -0.15) is 0 Å². The number of hydrogen-bond acceptors (Lipinski definition) is 0. The maximum absolute atomic E-state index is 5.61. The van der Waals surface area contributed by atoms with Gasteiger partial charge in [0.15, 0.2) is 0 Å². The van der Waals surface area contributed by atoms with E-state index in [0.29, 0.717) is 0 Å². The second-order valence-electron chi connectivity index (χ2n) is 5.28. The third-order valence-corrected chi connectivity index (χ3v) is 2.94. The molecule has 0 spiro atoms. The van der Waals surface area contributed by atoms with Crippen LogP contribution in [0, 0.1) is 11.8 Å². The van der Waals surface area contributed by atoms with Crippen molar-refractivity contribution in [2.24, 2.45) is 0 Å². The molecule has 92 valence electrons. The molecule has 0 aliphatic rings. The molecule has 0 atom stereocenters. The lowest BCUT2D eigenvalue weighted by Crippen LogP contribution is -2.10. The largest absolute Gasteiger partial charge is 0.127 e. The minimum Gasteiger partial charge on any atom is -0.127 e. The SMILES string of the molecule is CC(C)(C)c1ccc(C#CCCCCCl)cc1. The summed E-state index contributed by atoms with van der Waals surface area (Å²) in [5, 5.41) is 0. The predicted octanol–water partition coefficient (Wildman–Crippen LogP) is 4.74. The molecule has 1 heteroatoms. The van der Waals surface area contributed by atoms with Gasteiger partial charge in [0, 0.05) is 17.9 Å². The molecule has 0 saturated heterocycles. The Kier molecular flexibility index (Phi) is 5.59. The van der Waals surface area contributed by atoms with Crippen LogP contribution >= 0.6 is 11.6 Å². The molecule has 0 N–H and O–H groups in total. The van der Waals surface area contributed by atoms with Gasteiger partial charge in [0.05, 0.1) is 0 Å². The fraction of sp³-hybridized carbons (Fsp3) is 0.500. The Labute approximate surface area is 110 Å². The summed E-state index contributed by atoms with van der Waals surface area (Å²) >= 11 is 5.61. The molecular formula is C16H21Cl. The Morgan fingerprint density at radius 1 is 1.06 bits per heavy atom. The van der Waals surface area contributed by atoms with E-state index in [1.807, 2.05) is 0 Å². The van der Waals surface area contributed by atoms with Crippen molar-refractivity contribution < 1.29 is 0 Å². The summed E-state index contributed by atoms with van der Waals surface area (Å²) < 4.78 is 0. The summed E-state index contributed by atoms with van der Waals surface area (Å²) in [6.07, 6.45) is 3.09. The summed E-state index contributed by atoms with van der Waals surface area (Å²) in [6.45, 7) is 6.67. The normalized spacial score (nSPS) is 10.8. The van der Waals surface area contributed by atoms with E-state index < -0.39 is 0 Å². The molecule has 0 bridgehead atoms. The van der Waals surface area contributed by atoms with Crippen molar-refractivity contribution in [2.45, 2.75) is 45.4 Å². The van der Waals surface area contributed by atoms with Crippen LogP contribution in [-0.2, 0) is 5.41 Å². The number of benzene rings is 1. The van der Waals surface area contributed by atoms with E-state index in [2.05, 4.69) is 56.9 Å². The van der Waals surface area contributed by atoms with E-state index in [1.54, 1.807) is 0 Å². The molecular weight excluding hydrogens is 228 g/mol. The summed E-state index contributed by atoms with van der Waals surface area (Å²) in [4.78, 5) is 0. The van der Waals surface area contributed by atoms with Gasteiger partial charge in [-0.05, 0) is 36.0 Å². The molecule has 0 unspecified atom stereocenters. The first-order valence-electron chi connectivity index (χ1n) is 6.19. The van der Waals surface area contributed by atoms with Crippen molar-refractivity contribution in [3.63, 3.8) is 0 Å². The van der Waals surface area contributed by atoms with Crippen LogP contribution in [0.15, 0.2) is 24.3 Å². The first-order chi connectivity index (χ1) is 8.04. The van der Waals surface area contributed by atoms with Crippen LogP contribution in [-0.4, -0.2) is 5.88 Å². The zero-order chi connectivity index (χ0) is 12.7. The smallest absolute Gasteiger partial charge is 0.0245 e. The standard InChI is InChI=1S/C16H21Cl/c1-16(2,3)15-11-9-14(10-12-15)8-6-4-5-7-13-17/h9-12H,4-5,7,13H2,1-3H3. The molecule has 0 aromatic heterocycles. The molecule has 17 heavy (non-hydrogen) atoms. The topological polar surface area (TPSA) is 0 Å². The van der Waals surface area contributed by atoms with Crippen molar-refractivity contribution in [2.75, 3.05) is 5.88 Å². The third-order valence-electron chi connectivity index (χ3n) is 2.67. The van der Waals surface area contributed by atoms with Crippen LogP contribution in [0.3, 0.4) is 0 Å². The monoisotopic (exact) mass is 248 g/mol. The Morgan fingerprint density at radius 2 is 1.71 bits per heavy atom. The quantitative estimate of drug-likeness (QED) is 0.412. The number of rotatable bonds is 3. The van der Waals surface area contributed by atoms with Crippen molar-refractivity contribution in [3.05, 3.63) is 35.4 Å². The van der Waals surface area contributed by atoms with Gasteiger partial charge in [0.1, 0.15) is 0 Å². The number of unbranched alkanes of at least 4 members (excludes halogenated alkanes) is 2. The van der Waals surface area contributed by atoms with Gasteiger partial charge >= 0.3 is 0 Å². The first kappa shape index (κ1) is 14.1. The first-order valence-corrected chi connectivity index (χ1v) is 6.73. The van der Waals surface area contributed by atoms with Crippen molar-refractivity contribution >= 4 is 11.6 Å². The van der Waals surface area contributed by atoms with Gasteiger partial charge in [-0.3, -0.25) is 0 Å². The Hall–Kier alpha value is -0.930. The molecule has 0 amide bonds. The van der Waals surface area contributed by atoms with Gasteiger partial charge in [0.25, 0.3) is 0 Å². The van der Waals surface area contributed by atoms with Crippen LogP contribution in [0.2, 0.25) is 0 Å². The van der Waals surface area contributed by atoms with E-state index in [4.69, 9.17) is 11.6 Å². The molecule has 0 nitrogen and oxygen atoms in total. The second-order valence-corrected chi connectivity index (χ2v) is 5.65. The lowest BCUT2D eigenvalue weighted by atomic mass is 9.87. The zero-order valence-corrected chi connectivity index (χ0v) is 11.8. The van der Waals surface area contributed by atoms with E-state index in [0.717, 1.165) is 30.7 Å². The third kappa shape index (κ3) is 5.29. The second kappa shape index (κ2) is 6.72. The van der Waals surface area contributed by atoms with Crippen molar-refractivity contribution in [1.82, 2.24) is 0 Å². The van der Waals surface area contributed by atoms with Gasteiger partial charge in [0.2, 0.25) is 0 Å². The molecule has 0 heterocycles. The fourth-order valence-electron chi connectivity index (χ4n) is 1.53. The van der Waals surface area contributed by atoms with Crippen molar-refractivity contribution in [1.29, 1.82) is 0 Å². The lowest BCUT2D eigenvalue weighted by Gasteiger charge is -2.18. The average molecular weight is 249 g/mol. The van der Waals surface area contributed by atoms with Crippen LogP contribution in [0.5, 0.6) is 0 Å². The van der Waals surface area contributed by atoms with Gasteiger partial charge in [-0.1, -0.05) is 44.7 Å². The number of alkyl halides is 1. The summed E-state index contributed by atoms with van der Waals surface area (Å²) in [5.41, 5.74) is 2.67. The Morgan fingerprint density at radius 3 is 2.24 bits per heavy atom. The summed E-state index contributed by atoms with van der Waals surface area (Å²) in [6, 6.07) is 8.55. The lowest BCUT2D eigenvalue weighted by molar-refractivity contribution is 0.590. The molecule has 0 saturated carbocycles. The highest BCUT2D eigenvalue weighted by Crippen LogP contribution is 2.21. The van der Waals surface area contributed by atoms with Gasteiger partial charge < -0.3 is 0 Å². The average Bonchev–Trinajstić information content (AvgIpc) is 2.28. The van der Waals surface area contributed by atoms with Crippen LogP contribution in [0.25, 0.3) is 0 Å². The molecule has 0 aliphatic heterocycles. The minimum absolute atomic E-state index is 0.215. The zero-order valence-electron chi connectivity index (χ0n) is 11.0. The molecule has 0 radical (unpaired) electrons. The minimum atomic E-state index is 0.215. The van der Waals surface area contributed by atoms with Gasteiger partial charge in [-0.15, -0.1) is 11.6 Å². The van der Waals surface area contributed by atoms with Crippen LogP contribution in [0.4, 0.5) is 0 Å². The van der Waals surface area contributed by atoms with Crippen LogP contribution in [0.1, 0.15) is 51.2 Å². The maximum atomic E-state index is 5.61. The number of hydrogen-bond donors (Lipinski definition) is 0. The summed E-state index contributed by atoms with van der Waals surface area (Å²) in [5.74, 6) is 7.11. The highest BCUT2D eigenvalue weighted by Gasteiger charge is 2.12. The van der Waals surface area contributed by atoms with E-state index in [1.165, 1.54) is 5.56 Å². The Bertz CT molecular complexity index is 384. The van der Waals surface area contributed by atoms with Gasteiger partial charge in [-0.25, -0.2) is 0 Å². The fourth-order valence-corrected chi connectivity index (χ4v) is 1.71. The molecule has 1 rings (SSSR count). The molecule has 0 fully saturated rings. The molecule has 1 aromatic rings. The number of halogens is 1. The van der Waals surface area contributed by atoms with E-state index in [-0.39, 0.29) is 5.41 Å². The predicted molar refractivity (Wildman–Crippen MR) is 76.6 cm³/mol. The van der Waals surface area contributed by atoms with E-state index in [9.17, 15) is 0 Å².